The number of hydrogen-bond acceptors (Lipinski definition) is 5. The van der Waals surface area contributed by atoms with Crippen molar-refractivity contribution in [1.29, 1.82) is 5.26 Å². The number of amides is 1. The van der Waals surface area contributed by atoms with Crippen LogP contribution in [-0.2, 0) is 0 Å². The van der Waals surface area contributed by atoms with E-state index in [1.807, 2.05) is 6.07 Å². The zero-order chi connectivity index (χ0) is 15.6. The Labute approximate surface area is 119 Å². The normalized spacial score (nSPS) is 9.95. The van der Waals surface area contributed by atoms with Gasteiger partial charge in [-0.2, -0.15) is 5.26 Å². The Balaban J connectivity index is 2.39. The third-order valence-corrected chi connectivity index (χ3v) is 2.91. The van der Waals surface area contributed by atoms with Crippen molar-refractivity contribution < 1.29 is 14.1 Å². The number of hydrogen-bond donors (Lipinski definition) is 1. The average molecular weight is 285 g/mol. The van der Waals surface area contributed by atoms with Crippen LogP contribution in [0.1, 0.15) is 27.0 Å². The molecule has 0 saturated heterocycles. The fourth-order valence-corrected chi connectivity index (χ4v) is 1.84. The van der Waals surface area contributed by atoms with Gasteiger partial charge in [-0.1, -0.05) is 6.07 Å². The van der Waals surface area contributed by atoms with Crippen LogP contribution in [0.15, 0.2) is 28.9 Å². The van der Waals surface area contributed by atoms with Crippen LogP contribution in [0.5, 0.6) is 0 Å². The lowest BCUT2D eigenvalue weighted by Gasteiger charge is -2.05. The molecular weight excluding hydrogens is 274 g/mol. The molecule has 21 heavy (non-hydrogen) atoms. The van der Waals surface area contributed by atoms with Gasteiger partial charge in [-0.15, -0.1) is 0 Å². The summed E-state index contributed by atoms with van der Waals surface area (Å²) in [5, 5.41) is 22.3. The minimum atomic E-state index is -0.698. The minimum Gasteiger partial charge on any atom is -0.447 e. The van der Waals surface area contributed by atoms with Crippen molar-refractivity contribution in [3.63, 3.8) is 0 Å². The van der Waals surface area contributed by atoms with Gasteiger partial charge in [-0.25, -0.2) is 0 Å². The largest absolute Gasteiger partial charge is 0.447 e. The lowest BCUT2D eigenvalue weighted by atomic mass is 10.1. The zero-order valence-corrected chi connectivity index (χ0v) is 11.3. The first-order valence-electron chi connectivity index (χ1n) is 5.98. The first-order valence-corrected chi connectivity index (χ1v) is 5.98. The molecule has 1 aromatic carbocycles. The summed E-state index contributed by atoms with van der Waals surface area (Å²) >= 11 is 0. The number of furan rings is 1. The lowest BCUT2D eigenvalue weighted by Crippen LogP contribution is -2.14. The Kier molecular flexibility index (Phi) is 3.71. The Morgan fingerprint density at radius 1 is 1.43 bits per heavy atom. The number of nitrogens with one attached hydrogen (secondary N) is 1. The molecule has 106 valence electrons. The summed E-state index contributed by atoms with van der Waals surface area (Å²) in [6, 6.07) is 6.13. The van der Waals surface area contributed by atoms with Gasteiger partial charge in [0.2, 0.25) is 5.88 Å². The third kappa shape index (κ3) is 2.74. The van der Waals surface area contributed by atoms with Gasteiger partial charge in [0.1, 0.15) is 17.2 Å². The van der Waals surface area contributed by atoms with Crippen LogP contribution < -0.4 is 5.32 Å². The van der Waals surface area contributed by atoms with Crippen molar-refractivity contribution in [3.05, 3.63) is 56.8 Å². The maximum atomic E-state index is 12.2. The molecule has 7 nitrogen and oxygen atoms in total. The molecule has 2 aromatic rings. The van der Waals surface area contributed by atoms with E-state index in [-0.39, 0.29) is 22.7 Å². The number of nitrogens with zero attached hydrogens (tertiary/aromatic N) is 2. The van der Waals surface area contributed by atoms with Gasteiger partial charge in [-0.05, 0) is 25.5 Å². The highest BCUT2D eigenvalue weighted by molar-refractivity contribution is 6.07. The van der Waals surface area contributed by atoms with E-state index in [9.17, 15) is 14.9 Å². The number of nitro groups is 1. The summed E-state index contributed by atoms with van der Waals surface area (Å²) in [4.78, 5) is 22.5. The summed E-state index contributed by atoms with van der Waals surface area (Å²) in [7, 11) is 0. The van der Waals surface area contributed by atoms with Gasteiger partial charge < -0.3 is 4.42 Å². The van der Waals surface area contributed by atoms with Crippen LogP contribution in [-0.4, -0.2) is 10.8 Å². The van der Waals surface area contributed by atoms with Gasteiger partial charge in [-0.3, -0.25) is 20.2 Å². The van der Waals surface area contributed by atoms with Gasteiger partial charge in [0, 0.05) is 11.6 Å². The molecule has 0 bridgehead atoms. The second kappa shape index (κ2) is 5.46. The van der Waals surface area contributed by atoms with E-state index in [0.717, 1.165) is 0 Å². The van der Waals surface area contributed by atoms with Crippen LogP contribution in [0.4, 0.5) is 11.6 Å². The van der Waals surface area contributed by atoms with E-state index in [1.54, 1.807) is 19.9 Å². The highest BCUT2D eigenvalue weighted by Crippen LogP contribution is 2.24. The van der Waals surface area contributed by atoms with Gasteiger partial charge in [0.25, 0.3) is 11.6 Å². The molecule has 0 atom stereocenters. The molecule has 0 saturated carbocycles. The number of rotatable bonds is 3. The van der Waals surface area contributed by atoms with Gasteiger partial charge in [0.15, 0.2) is 0 Å². The molecule has 2 rings (SSSR count). The molecule has 1 N–H and O–H groups in total. The van der Waals surface area contributed by atoms with Crippen molar-refractivity contribution in [2.45, 2.75) is 13.8 Å². The topological polar surface area (TPSA) is 109 Å². The molecular formula is C14H11N3O4. The van der Waals surface area contributed by atoms with Crippen LogP contribution in [0, 0.1) is 35.3 Å². The third-order valence-electron chi connectivity index (χ3n) is 2.91. The number of carbonyl (C=O) groups is 1. The first-order chi connectivity index (χ1) is 9.93. The molecule has 1 heterocycles. The summed E-state index contributed by atoms with van der Waals surface area (Å²) in [5.74, 6) is -0.716. The summed E-state index contributed by atoms with van der Waals surface area (Å²) in [6.45, 7) is 3.38. The average Bonchev–Trinajstić information content (AvgIpc) is 2.78. The van der Waals surface area contributed by atoms with E-state index in [2.05, 4.69) is 5.32 Å². The fraction of sp³-hybridized carbons (Fsp3) is 0.143. The molecule has 1 amide bonds. The summed E-state index contributed by atoms with van der Waals surface area (Å²) in [6.07, 6.45) is 1.33. The Bertz CT molecular complexity index is 771. The van der Waals surface area contributed by atoms with Crippen LogP contribution in [0.2, 0.25) is 0 Å². The number of anilines is 1. The molecule has 0 aliphatic carbocycles. The van der Waals surface area contributed by atoms with Gasteiger partial charge in [0.05, 0.1) is 11.2 Å². The zero-order valence-electron chi connectivity index (χ0n) is 11.3. The van der Waals surface area contributed by atoms with Crippen LogP contribution >= 0.6 is 0 Å². The molecule has 7 heteroatoms. The van der Waals surface area contributed by atoms with Gasteiger partial charge >= 0.3 is 0 Å². The first kappa shape index (κ1) is 14.3. The number of benzene rings is 1. The van der Waals surface area contributed by atoms with Crippen molar-refractivity contribution in [2.24, 2.45) is 0 Å². The van der Waals surface area contributed by atoms with Crippen LogP contribution in [0.3, 0.4) is 0 Å². The van der Waals surface area contributed by atoms with Crippen LogP contribution in [0.25, 0.3) is 0 Å². The van der Waals surface area contributed by atoms with Crippen molar-refractivity contribution in [2.75, 3.05) is 5.32 Å². The molecule has 0 fully saturated rings. The smallest absolute Gasteiger partial charge is 0.282 e. The highest BCUT2D eigenvalue weighted by atomic mass is 16.6. The molecule has 0 aliphatic rings. The van der Waals surface area contributed by atoms with E-state index in [1.165, 1.54) is 18.4 Å². The van der Waals surface area contributed by atoms with Crippen molar-refractivity contribution >= 4 is 17.5 Å². The summed E-state index contributed by atoms with van der Waals surface area (Å²) < 4.78 is 5.08. The standard InChI is InChI=1S/C14H11N3O4/c1-8-3-4-12(17(19)20)10(5-8)13(18)16-14-11(6-15)9(2)7-21-14/h3-5,7H,1-2H3,(H,16,18). The van der Waals surface area contributed by atoms with E-state index in [4.69, 9.17) is 9.68 Å². The maximum absolute atomic E-state index is 12.2. The predicted molar refractivity (Wildman–Crippen MR) is 73.9 cm³/mol. The molecule has 1 aromatic heterocycles. The number of nitro benzene ring substituents is 1. The summed E-state index contributed by atoms with van der Waals surface area (Å²) in [5.41, 5.74) is 1.09. The molecule has 0 radical (unpaired) electrons. The highest BCUT2D eigenvalue weighted by Gasteiger charge is 2.22. The molecule has 0 aliphatic heterocycles. The molecule has 0 spiro atoms. The monoisotopic (exact) mass is 285 g/mol. The fourth-order valence-electron chi connectivity index (χ4n) is 1.84. The second-order valence-electron chi connectivity index (χ2n) is 4.47. The molecule has 0 unspecified atom stereocenters. The number of aryl methyl sites for hydroxylation is 2. The Morgan fingerprint density at radius 3 is 2.76 bits per heavy atom. The maximum Gasteiger partial charge on any atom is 0.282 e. The quantitative estimate of drug-likeness (QED) is 0.688. The lowest BCUT2D eigenvalue weighted by molar-refractivity contribution is -0.385. The minimum absolute atomic E-state index is 0.0178. The van der Waals surface area contributed by atoms with E-state index < -0.39 is 10.8 Å². The Morgan fingerprint density at radius 2 is 2.14 bits per heavy atom. The predicted octanol–water partition coefficient (Wildman–Crippen LogP) is 2.93. The van der Waals surface area contributed by atoms with E-state index >= 15 is 0 Å². The second-order valence-corrected chi connectivity index (χ2v) is 4.47. The number of carbonyl (C=O) groups excluding carboxylic acids is 1. The van der Waals surface area contributed by atoms with Crippen molar-refractivity contribution in [1.82, 2.24) is 0 Å². The number of nitriles is 1. The van der Waals surface area contributed by atoms with E-state index in [0.29, 0.717) is 11.1 Å². The van der Waals surface area contributed by atoms with Crippen molar-refractivity contribution in [3.8, 4) is 6.07 Å². The Hall–Kier alpha value is -3.14. The SMILES string of the molecule is Cc1ccc([N+](=O)[O-])c(C(=O)Nc2occ(C)c2C#N)c1.